The van der Waals surface area contributed by atoms with Gasteiger partial charge in [-0.05, 0) is 12.8 Å². The molecule has 104 valence electrons. The van der Waals surface area contributed by atoms with E-state index in [0.717, 1.165) is 19.3 Å². The van der Waals surface area contributed by atoms with Gasteiger partial charge in [0, 0.05) is 12.5 Å². The summed E-state index contributed by atoms with van der Waals surface area (Å²) in [6.07, 6.45) is 4.55. The molecule has 0 rings (SSSR count). The zero-order chi connectivity index (χ0) is 14.3. The molecule has 0 aliphatic carbocycles. The first-order valence-electron chi connectivity index (χ1n) is 6.38. The molecule has 0 bridgehead atoms. The van der Waals surface area contributed by atoms with E-state index >= 15 is 0 Å². The highest BCUT2D eigenvalue weighted by atomic mass is 16.4. The maximum atomic E-state index is 12.3. The zero-order valence-electron chi connectivity index (χ0n) is 11.9. The Morgan fingerprint density at radius 3 is 2.39 bits per heavy atom. The second-order valence-corrected chi connectivity index (χ2v) is 5.28. The van der Waals surface area contributed by atoms with Crippen molar-refractivity contribution in [3.8, 4) is 0 Å². The van der Waals surface area contributed by atoms with Gasteiger partial charge in [-0.2, -0.15) is 0 Å². The minimum atomic E-state index is -0.989. The van der Waals surface area contributed by atoms with E-state index < -0.39 is 17.4 Å². The molecule has 1 N–H and O–H groups in total. The maximum Gasteiger partial charge on any atom is 0.326 e. The van der Waals surface area contributed by atoms with Crippen LogP contribution in [-0.2, 0) is 9.59 Å². The highest BCUT2D eigenvalue weighted by Gasteiger charge is 2.34. The summed E-state index contributed by atoms with van der Waals surface area (Å²) in [7, 11) is 1.55. The summed E-state index contributed by atoms with van der Waals surface area (Å²) >= 11 is 0. The molecule has 0 aliphatic rings. The van der Waals surface area contributed by atoms with E-state index in [1.165, 1.54) is 11.0 Å². The molecule has 0 radical (unpaired) electrons. The molecule has 18 heavy (non-hydrogen) atoms. The Hall–Kier alpha value is -1.32. The number of hydrogen-bond acceptors (Lipinski definition) is 2. The van der Waals surface area contributed by atoms with Crippen LogP contribution in [0, 0.1) is 5.41 Å². The molecule has 0 fully saturated rings. The number of hydrogen-bond donors (Lipinski definition) is 1. The maximum absolute atomic E-state index is 12.3. The third-order valence-corrected chi connectivity index (χ3v) is 3.20. The highest BCUT2D eigenvalue weighted by Crippen LogP contribution is 2.26. The van der Waals surface area contributed by atoms with Crippen LogP contribution in [-0.4, -0.2) is 35.0 Å². The molecule has 1 atom stereocenters. The van der Waals surface area contributed by atoms with E-state index in [0.29, 0.717) is 0 Å². The smallest absolute Gasteiger partial charge is 0.326 e. The number of amides is 1. The zero-order valence-corrected chi connectivity index (χ0v) is 11.9. The van der Waals surface area contributed by atoms with Crippen LogP contribution >= 0.6 is 0 Å². The van der Waals surface area contributed by atoms with E-state index in [2.05, 4.69) is 13.5 Å². The minimum Gasteiger partial charge on any atom is -0.480 e. The molecule has 1 amide bonds. The number of carbonyl (C=O) groups is 2. The third-order valence-electron chi connectivity index (χ3n) is 3.20. The predicted octanol–water partition coefficient (Wildman–Crippen LogP) is 2.69. The lowest BCUT2D eigenvalue weighted by atomic mass is 9.85. The summed E-state index contributed by atoms with van der Waals surface area (Å²) in [5, 5.41) is 9.12. The molecule has 0 aliphatic heterocycles. The number of unbranched alkanes of at least 4 members (excludes halogenated alkanes) is 1. The molecular weight excluding hydrogens is 230 g/mol. The van der Waals surface area contributed by atoms with E-state index in [4.69, 9.17) is 5.11 Å². The summed E-state index contributed by atoms with van der Waals surface area (Å²) in [5.74, 6) is -1.11. The number of aliphatic carboxylic acids is 1. The fourth-order valence-corrected chi connectivity index (χ4v) is 1.93. The molecule has 0 aromatic rings. The molecule has 0 aromatic carbocycles. The average Bonchev–Trinajstić information content (AvgIpc) is 2.31. The SMILES string of the molecule is C=CCC(C(=O)O)N(C)C(=O)C(C)(C)CCCC. The lowest BCUT2D eigenvalue weighted by molar-refractivity contribution is -0.153. The normalized spacial score (nSPS) is 12.9. The number of likely N-dealkylation sites (N-methyl/N-ethyl adjacent to an activating group) is 1. The van der Waals surface area contributed by atoms with Crippen LogP contribution in [0.2, 0.25) is 0 Å². The van der Waals surface area contributed by atoms with Crippen molar-refractivity contribution in [1.29, 1.82) is 0 Å². The van der Waals surface area contributed by atoms with Crippen LogP contribution < -0.4 is 0 Å². The van der Waals surface area contributed by atoms with E-state index in [9.17, 15) is 9.59 Å². The van der Waals surface area contributed by atoms with Crippen LogP contribution in [0.5, 0.6) is 0 Å². The van der Waals surface area contributed by atoms with Crippen molar-refractivity contribution in [2.45, 2.75) is 52.5 Å². The standard InChI is InChI=1S/C14H25NO3/c1-6-8-10-14(3,4)13(18)15(5)11(9-7-2)12(16)17/h7,11H,2,6,8-10H2,1,3-5H3,(H,16,17). The minimum absolute atomic E-state index is 0.120. The summed E-state index contributed by atoms with van der Waals surface area (Å²) in [6, 6.07) is -0.823. The van der Waals surface area contributed by atoms with Gasteiger partial charge in [0.15, 0.2) is 0 Å². The van der Waals surface area contributed by atoms with Crippen molar-refractivity contribution in [3.63, 3.8) is 0 Å². The van der Waals surface area contributed by atoms with Gasteiger partial charge in [-0.1, -0.05) is 39.7 Å². The summed E-state index contributed by atoms with van der Waals surface area (Å²) in [4.78, 5) is 24.8. The lowest BCUT2D eigenvalue weighted by Crippen LogP contribution is -2.47. The lowest BCUT2D eigenvalue weighted by Gasteiger charge is -2.32. The second-order valence-electron chi connectivity index (χ2n) is 5.28. The molecule has 0 heterocycles. The molecule has 4 nitrogen and oxygen atoms in total. The monoisotopic (exact) mass is 255 g/mol. The first-order valence-corrected chi connectivity index (χ1v) is 6.38. The van der Waals surface area contributed by atoms with E-state index in [-0.39, 0.29) is 12.3 Å². The Bertz CT molecular complexity index is 310. The van der Waals surface area contributed by atoms with Crippen molar-refractivity contribution in [2.75, 3.05) is 7.05 Å². The topological polar surface area (TPSA) is 57.6 Å². The molecule has 0 saturated carbocycles. The van der Waals surface area contributed by atoms with Crippen LogP contribution in [0.3, 0.4) is 0 Å². The molecule has 0 saturated heterocycles. The number of carboxylic acid groups (broad SMARTS) is 1. The first-order chi connectivity index (χ1) is 8.27. The fraction of sp³-hybridized carbons (Fsp3) is 0.714. The van der Waals surface area contributed by atoms with E-state index in [1.807, 2.05) is 13.8 Å². The number of nitrogens with zero attached hydrogens (tertiary/aromatic N) is 1. The third kappa shape index (κ3) is 4.51. The Morgan fingerprint density at radius 2 is 2.00 bits per heavy atom. The number of carbonyl (C=O) groups excluding carboxylic acids is 1. The van der Waals surface area contributed by atoms with E-state index in [1.54, 1.807) is 7.05 Å². The molecule has 4 heteroatoms. The predicted molar refractivity (Wildman–Crippen MR) is 72.3 cm³/mol. The van der Waals surface area contributed by atoms with Gasteiger partial charge in [-0.3, -0.25) is 4.79 Å². The van der Waals surface area contributed by atoms with Crippen LogP contribution in [0.15, 0.2) is 12.7 Å². The molecule has 0 aromatic heterocycles. The number of rotatable bonds is 8. The Morgan fingerprint density at radius 1 is 1.44 bits per heavy atom. The van der Waals surface area contributed by atoms with Gasteiger partial charge < -0.3 is 10.0 Å². The van der Waals surface area contributed by atoms with Crippen LogP contribution in [0.4, 0.5) is 0 Å². The second kappa shape index (κ2) is 7.19. The van der Waals surface area contributed by atoms with Crippen LogP contribution in [0.25, 0.3) is 0 Å². The van der Waals surface area contributed by atoms with Gasteiger partial charge in [0.1, 0.15) is 6.04 Å². The largest absolute Gasteiger partial charge is 0.480 e. The summed E-state index contributed by atoms with van der Waals surface area (Å²) < 4.78 is 0. The summed E-state index contributed by atoms with van der Waals surface area (Å²) in [5.41, 5.74) is -0.514. The summed E-state index contributed by atoms with van der Waals surface area (Å²) in [6.45, 7) is 9.35. The van der Waals surface area contributed by atoms with Gasteiger partial charge in [-0.25, -0.2) is 4.79 Å². The number of carboxylic acids is 1. The molecule has 1 unspecified atom stereocenters. The highest BCUT2D eigenvalue weighted by molar-refractivity contribution is 5.86. The van der Waals surface area contributed by atoms with Gasteiger partial charge in [0.05, 0.1) is 0 Å². The van der Waals surface area contributed by atoms with Gasteiger partial charge in [-0.15, -0.1) is 6.58 Å². The fourth-order valence-electron chi connectivity index (χ4n) is 1.93. The van der Waals surface area contributed by atoms with Crippen molar-refractivity contribution in [2.24, 2.45) is 5.41 Å². The Kier molecular flexibility index (Phi) is 6.66. The molecular formula is C14H25NO3. The van der Waals surface area contributed by atoms with Crippen molar-refractivity contribution < 1.29 is 14.7 Å². The van der Waals surface area contributed by atoms with Gasteiger partial charge in [0.25, 0.3) is 0 Å². The first kappa shape index (κ1) is 16.7. The van der Waals surface area contributed by atoms with Crippen molar-refractivity contribution >= 4 is 11.9 Å². The van der Waals surface area contributed by atoms with Crippen molar-refractivity contribution in [3.05, 3.63) is 12.7 Å². The quantitative estimate of drug-likeness (QED) is 0.678. The Balaban J connectivity index is 4.83. The Labute approximate surface area is 110 Å². The van der Waals surface area contributed by atoms with Crippen molar-refractivity contribution in [1.82, 2.24) is 4.90 Å². The molecule has 0 spiro atoms. The van der Waals surface area contributed by atoms with Gasteiger partial charge >= 0.3 is 5.97 Å². The van der Waals surface area contributed by atoms with Crippen LogP contribution in [0.1, 0.15) is 46.5 Å². The van der Waals surface area contributed by atoms with Gasteiger partial charge in [0.2, 0.25) is 5.91 Å². The average molecular weight is 255 g/mol.